The number of nitrogens with zero attached hydrogens (tertiary/aromatic N) is 4. The second-order valence-electron chi connectivity index (χ2n) is 6.58. The molecule has 0 bridgehead atoms. The highest BCUT2D eigenvalue weighted by molar-refractivity contribution is 6.06. The molecular formula is C19H18F2N4O. The van der Waals surface area contributed by atoms with E-state index in [2.05, 4.69) is 9.97 Å². The maximum atomic E-state index is 13.0. The number of alkyl halides is 2. The number of fused-ring (bicyclic) bond motifs is 1. The fourth-order valence-corrected chi connectivity index (χ4v) is 3.09. The first kappa shape index (κ1) is 16.6. The molecule has 7 heteroatoms. The van der Waals surface area contributed by atoms with Crippen molar-refractivity contribution in [3.05, 3.63) is 59.8 Å². The summed E-state index contributed by atoms with van der Waals surface area (Å²) in [5.74, 6) is 0.333. The Hall–Kier alpha value is -2.83. The molecule has 5 nitrogen and oxygen atoms in total. The van der Waals surface area contributed by atoms with Crippen LogP contribution in [-0.4, -0.2) is 32.4 Å². The summed E-state index contributed by atoms with van der Waals surface area (Å²) in [5.41, 5.74) is 2.26. The first-order chi connectivity index (χ1) is 12.5. The molecule has 26 heavy (non-hydrogen) atoms. The van der Waals surface area contributed by atoms with Crippen molar-refractivity contribution in [1.82, 2.24) is 19.4 Å². The van der Waals surface area contributed by atoms with Crippen molar-refractivity contribution in [2.75, 3.05) is 7.05 Å². The molecule has 2 aromatic heterocycles. The van der Waals surface area contributed by atoms with E-state index in [1.807, 2.05) is 30.3 Å². The predicted molar refractivity (Wildman–Crippen MR) is 93.0 cm³/mol. The van der Waals surface area contributed by atoms with E-state index in [1.54, 1.807) is 7.05 Å². The summed E-state index contributed by atoms with van der Waals surface area (Å²) < 4.78 is 26.8. The molecule has 3 aromatic rings. The van der Waals surface area contributed by atoms with Gasteiger partial charge in [0.2, 0.25) is 0 Å². The Balaban J connectivity index is 1.67. The molecule has 0 spiro atoms. The standard InChI is InChI=1S/C19H18F2N4O/c1-24(11-17-22-8-9-25(17)19(20)21)18(26)14-10-16(12-6-7-12)23-15-5-3-2-4-13(14)15/h2-5,8-10,12,19H,6-7,11H2,1H3. The molecule has 2 heterocycles. The molecule has 0 N–H and O–H groups in total. The molecule has 4 rings (SSSR count). The fourth-order valence-electron chi connectivity index (χ4n) is 3.09. The topological polar surface area (TPSA) is 51.0 Å². The Morgan fingerprint density at radius 2 is 2.12 bits per heavy atom. The summed E-state index contributed by atoms with van der Waals surface area (Å²) in [4.78, 5) is 23.1. The lowest BCUT2D eigenvalue weighted by Gasteiger charge is -2.19. The first-order valence-corrected chi connectivity index (χ1v) is 8.49. The molecule has 1 fully saturated rings. The highest BCUT2D eigenvalue weighted by Crippen LogP contribution is 2.40. The molecule has 0 radical (unpaired) electrons. The molecule has 1 aromatic carbocycles. The van der Waals surface area contributed by atoms with Crippen LogP contribution in [0.2, 0.25) is 0 Å². The number of imidazole rings is 1. The minimum Gasteiger partial charge on any atom is -0.334 e. The number of hydrogen-bond donors (Lipinski definition) is 0. The van der Waals surface area contributed by atoms with Crippen molar-refractivity contribution < 1.29 is 13.6 Å². The van der Waals surface area contributed by atoms with E-state index in [-0.39, 0.29) is 18.3 Å². The zero-order valence-corrected chi connectivity index (χ0v) is 14.3. The Morgan fingerprint density at radius 1 is 1.35 bits per heavy atom. The average Bonchev–Trinajstić information content (AvgIpc) is 3.39. The summed E-state index contributed by atoms with van der Waals surface area (Å²) in [6.45, 7) is -2.68. The van der Waals surface area contributed by atoms with E-state index in [0.29, 0.717) is 11.5 Å². The van der Waals surface area contributed by atoms with Crippen LogP contribution in [0.4, 0.5) is 8.78 Å². The highest BCUT2D eigenvalue weighted by atomic mass is 19.3. The van der Waals surface area contributed by atoms with Gasteiger partial charge in [0.1, 0.15) is 5.82 Å². The van der Waals surface area contributed by atoms with Crippen LogP contribution in [0.3, 0.4) is 0 Å². The maximum Gasteiger partial charge on any atom is 0.319 e. The fraction of sp³-hybridized carbons (Fsp3) is 0.316. The molecule has 134 valence electrons. The van der Waals surface area contributed by atoms with Crippen LogP contribution in [0, 0.1) is 0 Å². The van der Waals surface area contributed by atoms with Gasteiger partial charge in [0, 0.05) is 36.4 Å². The second kappa shape index (κ2) is 6.48. The number of pyridine rings is 1. The van der Waals surface area contributed by atoms with Gasteiger partial charge in [-0.1, -0.05) is 18.2 Å². The van der Waals surface area contributed by atoms with Crippen molar-refractivity contribution in [1.29, 1.82) is 0 Å². The van der Waals surface area contributed by atoms with Gasteiger partial charge in [-0.15, -0.1) is 0 Å². The van der Waals surface area contributed by atoms with E-state index < -0.39 is 6.55 Å². The van der Waals surface area contributed by atoms with Crippen molar-refractivity contribution in [2.24, 2.45) is 0 Å². The lowest BCUT2D eigenvalue weighted by Crippen LogP contribution is -2.28. The van der Waals surface area contributed by atoms with Gasteiger partial charge in [-0.3, -0.25) is 14.3 Å². The number of aromatic nitrogens is 3. The Kier molecular flexibility index (Phi) is 4.14. The monoisotopic (exact) mass is 356 g/mol. The molecule has 1 amide bonds. The molecule has 1 saturated carbocycles. The Labute approximate surface area is 149 Å². The Morgan fingerprint density at radius 3 is 2.85 bits per heavy atom. The molecule has 1 aliphatic rings. The van der Waals surface area contributed by atoms with E-state index in [4.69, 9.17) is 0 Å². The predicted octanol–water partition coefficient (Wildman–Crippen LogP) is 3.98. The largest absolute Gasteiger partial charge is 0.334 e. The van der Waals surface area contributed by atoms with E-state index in [0.717, 1.165) is 34.0 Å². The van der Waals surface area contributed by atoms with Crippen LogP contribution in [0.1, 0.15) is 47.2 Å². The van der Waals surface area contributed by atoms with E-state index in [9.17, 15) is 13.6 Å². The summed E-state index contributed by atoms with van der Waals surface area (Å²) in [6.07, 6.45) is 4.69. The minimum absolute atomic E-state index is 0.00554. The molecule has 0 atom stereocenters. The van der Waals surface area contributed by atoms with Crippen molar-refractivity contribution in [2.45, 2.75) is 31.9 Å². The first-order valence-electron chi connectivity index (χ1n) is 8.49. The van der Waals surface area contributed by atoms with Crippen LogP contribution in [0.15, 0.2) is 42.7 Å². The number of carbonyl (C=O) groups is 1. The lowest BCUT2D eigenvalue weighted by atomic mass is 10.0. The Bertz CT molecular complexity index is 965. The quantitative estimate of drug-likeness (QED) is 0.695. The van der Waals surface area contributed by atoms with Crippen LogP contribution >= 0.6 is 0 Å². The SMILES string of the molecule is CN(Cc1nccn1C(F)F)C(=O)c1cc(C2CC2)nc2ccccc12. The molecule has 0 saturated heterocycles. The summed E-state index contributed by atoms with van der Waals surface area (Å²) in [5, 5.41) is 0.769. The summed E-state index contributed by atoms with van der Waals surface area (Å²) in [7, 11) is 1.60. The van der Waals surface area contributed by atoms with E-state index >= 15 is 0 Å². The van der Waals surface area contributed by atoms with Gasteiger partial charge in [-0.25, -0.2) is 4.98 Å². The zero-order valence-electron chi connectivity index (χ0n) is 14.3. The van der Waals surface area contributed by atoms with Crippen LogP contribution in [0.5, 0.6) is 0 Å². The number of hydrogen-bond acceptors (Lipinski definition) is 3. The third-order valence-electron chi connectivity index (χ3n) is 4.65. The van der Waals surface area contributed by atoms with Gasteiger partial charge in [-0.05, 0) is 25.0 Å². The van der Waals surface area contributed by atoms with Crippen LogP contribution < -0.4 is 0 Å². The van der Waals surface area contributed by atoms with Gasteiger partial charge < -0.3 is 4.90 Å². The molecule has 0 unspecified atom stereocenters. The normalized spacial score (nSPS) is 14.2. The highest BCUT2D eigenvalue weighted by Gasteiger charge is 2.27. The lowest BCUT2D eigenvalue weighted by molar-refractivity contribution is 0.0613. The van der Waals surface area contributed by atoms with Crippen LogP contribution in [-0.2, 0) is 6.54 Å². The van der Waals surface area contributed by atoms with Crippen molar-refractivity contribution >= 4 is 16.8 Å². The third-order valence-corrected chi connectivity index (χ3v) is 4.65. The summed E-state index contributed by atoms with van der Waals surface area (Å²) >= 11 is 0. The number of halogens is 2. The van der Waals surface area contributed by atoms with Gasteiger partial charge in [-0.2, -0.15) is 8.78 Å². The van der Waals surface area contributed by atoms with Gasteiger partial charge in [0.15, 0.2) is 0 Å². The van der Waals surface area contributed by atoms with Gasteiger partial charge in [0.05, 0.1) is 17.6 Å². The number of carbonyl (C=O) groups excluding carboxylic acids is 1. The van der Waals surface area contributed by atoms with Gasteiger partial charge >= 0.3 is 6.55 Å². The van der Waals surface area contributed by atoms with E-state index in [1.165, 1.54) is 17.3 Å². The maximum absolute atomic E-state index is 13.0. The number of rotatable bonds is 5. The summed E-state index contributed by atoms with van der Waals surface area (Å²) in [6, 6.07) is 9.35. The minimum atomic E-state index is -2.68. The molecule has 0 aliphatic heterocycles. The van der Waals surface area contributed by atoms with Gasteiger partial charge in [0.25, 0.3) is 5.91 Å². The van der Waals surface area contributed by atoms with Crippen LogP contribution in [0.25, 0.3) is 10.9 Å². The number of benzene rings is 1. The third kappa shape index (κ3) is 3.05. The zero-order chi connectivity index (χ0) is 18.3. The molecular weight excluding hydrogens is 338 g/mol. The smallest absolute Gasteiger partial charge is 0.319 e. The number of amides is 1. The van der Waals surface area contributed by atoms with Crippen molar-refractivity contribution in [3.63, 3.8) is 0 Å². The van der Waals surface area contributed by atoms with Crippen molar-refractivity contribution in [3.8, 4) is 0 Å². The molecule has 1 aliphatic carbocycles. The second-order valence-corrected chi connectivity index (χ2v) is 6.58. The number of para-hydroxylation sites is 1. The average molecular weight is 356 g/mol.